The van der Waals surface area contributed by atoms with Crippen LogP contribution < -0.4 is 16.2 Å². The van der Waals surface area contributed by atoms with Gasteiger partial charge in [0.25, 0.3) is 5.91 Å². The van der Waals surface area contributed by atoms with Gasteiger partial charge in [0.2, 0.25) is 5.78 Å². The van der Waals surface area contributed by atoms with Crippen LogP contribution in [0, 0.1) is 11.2 Å². The average molecular weight is 458 g/mol. The van der Waals surface area contributed by atoms with Gasteiger partial charge in [0.05, 0.1) is 19.7 Å². The minimum atomic E-state index is -0.991. The van der Waals surface area contributed by atoms with Crippen molar-refractivity contribution in [2.45, 2.75) is 6.17 Å². The Hall–Kier alpha value is -3.79. The summed E-state index contributed by atoms with van der Waals surface area (Å²) in [6.07, 6.45) is 0.0397. The minimum absolute atomic E-state index is 0.00137. The van der Waals surface area contributed by atoms with Crippen molar-refractivity contribution in [2.75, 3.05) is 39.1 Å². The topological polar surface area (TPSA) is 132 Å². The lowest BCUT2D eigenvalue weighted by Crippen LogP contribution is -2.51. The van der Waals surface area contributed by atoms with Crippen LogP contribution in [0.2, 0.25) is 0 Å². The molecule has 2 aromatic carbocycles. The molecule has 2 aromatic rings. The highest BCUT2D eigenvalue weighted by Crippen LogP contribution is 2.25. The fraction of sp³-hybridized carbons (Fsp3) is 0.261. The van der Waals surface area contributed by atoms with E-state index in [0.717, 1.165) is 12.1 Å². The van der Waals surface area contributed by atoms with Crippen LogP contribution in [0.3, 0.4) is 0 Å². The van der Waals surface area contributed by atoms with Gasteiger partial charge in [-0.3, -0.25) is 15.0 Å². The van der Waals surface area contributed by atoms with Crippen molar-refractivity contribution in [3.63, 3.8) is 0 Å². The summed E-state index contributed by atoms with van der Waals surface area (Å²) in [5, 5.41) is 8.11. The summed E-state index contributed by atoms with van der Waals surface area (Å²) in [5.41, 5.74) is 12.1. The molecule has 0 spiro atoms. The van der Waals surface area contributed by atoms with Crippen LogP contribution in [0.1, 0.15) is 21.5 Å². The Labute approximate surface area is 189 Å². The molecule has 33 heavy (non-hydrogen) atoms. The number of likely N-dealkylation sites (tertiary alicyclic amines) is 1. The Bertz CT molecular complexity index is 1100. The van der Waals surface area contributed by atoms with Crippen LogP contribution in [0.25, 0.3) is 5.70 Å². The summed E-state index contributed by atoms with van der Waals surface area (Å²) >= 11 is 0. The van der Waals surface area contributed by atoms with E-state index in [4.69, 9.17) is 26.4 Å². The lowest BCUT2D eigenvalue weighted by Gasteiger charge is -2.34. The first-order chi connectivity index (χ1) is 15.7. The van der Waals surface area contributed by atoms with E-state index in [2.05, 4.69) is 0 Å². The second-order valence-electron chi connectivity index (χ2n) is 7.43. The molecule has 1 aliphatic heterocycles. The van der Waals surface area contributed by atoms with Gasteiger partial charge >= 0.3 is 0 Å². The number of nitrogen functional groups attached to an aromatic ring is 1. The molecule has 0 saturated carbocycles. The van der Waals surface area contributed by atoms with Crippen LogP contribution in [-0.4, -0.2) is 61.9 Å². The standard InChI is InChI=1S/C23H24F2N4O4/c1-32-6-7-33-21-10-19(27)16(8-17(21)25)22(28)20(30)9-18(26)13-2-4-14(5-3-13)23(31)29-11-15(24)12-29/h2-5,8-10,15,28H,6-7,11-12,26-27H2,1H3/b18-9-,28-22?. The van der Waals surface area contributed by atoms with Gasteiger partial charge in [-0.25, -0.2) is 8.78 Å². The van der Waals surface area contributed by atoms with E-state index < -0.39 is 23.5 Å². The first-order valence-corrected chi connectivity index (χ1v) is 10.1. The Kier molecular flexibility index (Phi) is 7.39. The van der Waals surface area contributed by atoms with Gasteiger partial charge in [0, 0.05) is 41.8 Å². The number of ketones is 1. The van der Waals surface area contributed by atoms with Crippen molar-refractivity contribution in [3.05, 3.63) is 65.0 Å². The lowest BCUT2D eigenvalue weighted by atomic mass is 10.0. The molecule has 1 heterocycles. The number of carbonyl (C=O) groups is 2. The van der Waals surface area contributed by atoms with Gasteiger partial charge in [0.1, 0.15) is 18.5 Å². The molecule has 0 unspecified atom stereocenters. The van der Waals surface area contributed by atoms with E-state index in [0.29, 0.717) is 11.1 Å². The van der Waals surface area contributed by atoms with Crippen LogP contribution in [0.5, 0.6) is 5.75 Å². The third kappa shape index (κ3) is 5.53. The number of nitrogens with two attached hydrogens (primary N) is 2. The summed E-state index contributed by atoms with van der Waals surface area (Å²) in [7, 11) is 1.48. The average Bonchev–Trinajstić information content (AvgIpc) is 2.78. The molecule has 10 heteroatoms. The SMILES string of the molecule is COCCOc1cc(N)c(C(=N)C(=O)/C=C(\N)c2ccc(C(=O)N3CC(F)C3)cc2)cc1F. The van der Waals surface area contributed by atoms with Gasteiger partial charge < -0.3 is 25.8 Å². The number of allylic oxidation sites excluding steroid dienone is 1. The van der Waals surface area contributed by atoms with E-state index in [1.807, 2.05) is 0 Å². The normalized spacial score (nSPS) is 14.0. The van der Waals surface area contributed by atoms with E-state index in [1.54, 1.807) is 12.1 Å². The zero-order chi connectivity index (χ0) is 24.1. The van der Waals surface area contributed by atoms with Crippen molar-refractivity contribution in [1.29, 1.82) is 5.41 Å². The summed E-state index contributed by atoms with van der Waals surface area (Å²) in [6, 6.07) is 8.30. The number of halogens is 2. The number of nitrogens with zero attached hydrogens (tertiary/aromatic N) is 1. The summed E-state index contributed by atoms with van der Waals surface area (Å²) in [4.78, 5) is 26.1. The highest BCUT2D eigenvalue weighted by Gasteiger charge is 2.30. The van der Waals surface area contributed by atoms with E-state index >= 15 is 0 Å². The molecule has 1 fully saturated rings. The molecule has 0 aliphatic carbocycles. The summed E-state index contributed by atoms with van der Waals surface area (Å²) < 4.78 is 37.3. The number of alkyl halides is 1. The minimum Gasteiger partial charge on any atom is -0.488 e. The van der Waals surface area contributed by atoms with E-state index in [1.165, 1.54) is 30.2 Å². The maximum absolute atomic E-state index is 14.3. The number of carbonyl (C=O) groups excluding carboxylic acids is 2. The molecule has 0 bridgehead atoms. The van der Waals surface area contributed by atoms with Crippen molar-refractivity contribution >= 4 is 28.8 Å². The maximum atomic E-state index is 14.3. The number of nitrogens with one attached hydrogen (secondary N) is 1. The number of rotatable bonds is 9. The van der Waals surface area contributed by atoms with E-state index in [-0.39, 0.29) is 54.9 Å². The predicted octanol–water partition coefficient (Wildman–Crippen LogP) is 2.16. The number of hydrogen-bond acceptors (Lipinski definition) is 7. The largest absolute Gasteiger partial charge is 0.488 e. The molecule has 0 atom stereocenters. The van der Waals surface area contributed by atoms with Gasteiger partial charge in [-0.1, -0.05) is 12.1 Å². The molecule has 0 aromatic heterocycles. The Balaban J connectivity index is 1.70. The van der Waals surface area contributed by atoms with Crippen molar-refractivity contribution in [3.8, 4) is 5.75 Å². The molecule has 1 saturated heterocycles. The summed E-state index contributed by atoms with van der Waals surface area (Å²) in [6.45, 7) is 0.512. The second-order valence-corrected chi connectivity index (χ2v) is 7.43. The molecule has 0 radical (unpaired) electrons. The van der Waals surface area contributed by atoms with Gasteiger partial charge in [-0.2, -0.15) is 0 Å². The van der Waals surface area contributed by atoms with Crippen molar-refractivity contribution in [2.24, 2.45) is 5.73 Å². The molecule has 1 aliphatic rings. The quantitative estimate of drug-likeness (QED) is 0.228. The third-order valence-corrected chi connectivity index (χ3v) is 5.04. The van der Waals surface area contributed by atoms with Gasteiger partial charge in [-0.05, 0) is 23.8 Å². The Morgan fingerprint density at radius 1 is 1.18 bits per heavy atom. The molecular weight excluding hydrogens is 434 g/mol. The first-order valence-electron chi connectivity index (χ1n) is 10.1. The molecule has 8 nitrogen and oxygen atoms in total. The Morgan fingerprint density at radius 3 is 2.42 bits per heavy atom. The van der Waals surface area contributed by atoms with Gasteiger partial charge in [-0.15, -0.1) is 0 Å². The number of benzene rings is 2. The molecular formula is C23H24F2N4O4. The second kappa shape index (κ2) is 10.2. The van der Waals surface area contributed by atoms with Crippen LogP contribution in [0.15, 0.2) is 42.5 Å². The molecule has 3 rings (SSSR count). The van der Waals surface area contributed by atoms with E-state index in [9.17, 15) is 18.4 Å². The monoisotopic (exact) mass is 458 g/mol. The lowest BCUT2D eigenvalue weighted by molar-refractivity contribution is -0.108. The summed E-state index contributed by atoms with van der Waals surface area (Å²) in [5.74, 6) is -1.95. The number of amides is 1. The number of anilines is 1. The van der Waals surface area contributed by atoms with Crippen molar-refractivity contribution < 1.29 is 27.8 Å². The highest BCUT2D eigenvalue weighted by molar-refractivity contribution is 6.50. The maximum Gasteiger partial charge on any atom is 0.254 e. The molecule has 174 valence electrons. The number of ether oxygens (including phenoxy) is 2. The molecule has 5 N–H and O–H groups in total. The smallest absolute Gasteiger partial charge is 0.254 e. The highest BCUT2D eigenvalue weighted by atomic mass is 19.1. The number of methoxy groups -OCH3 is 1. The van der Waals surface area contributed by atoms with Crippen LogP contribution >= 0.6 is 0 Å². The zero-order valence-corrected chi connectivity index (χ0v) is 17.9. The predicted molar refractivity (Wildman–Crippen MR) is 119 cm³/mol. The number of hydrogen-bond donors (Lipinski definition) is 3. The van der Waals surface area contributed by atoms with Crippen LogP contribution in [-0.2, 0) is 9.53 Å². The fourth-order valence-corrected chi connectivity index (χ4v) is 3.14. The van der Waals surface area contributed by atoms with Crippen LogP contribution in [0.4, 0.5) is 14.5 Å². The third-order valence-electron chi connectivity index (χ3n) is 5.04. The van der Waals surface area contributed by atoms with Gasteiger partial charge in [0.15, 0.2) is 11.6 Å². The first kappa shape index (κ1) is 23.9. The zero-order valence-electron chi connectivity index (χ0n) is 17.9. The fourth-order valence-electron chi connectivity index (χ4n) is 3.14. The molecule has 1 amide bonds. The Morgan fingerprint density at radius 2 is 1.82 bits per heavy atom. The van der Waals surface area contributed by atoms with Crippen molar-refractivity contribution in [1.82, 2.24) is 4.90 Å².